The maximum atomic E-state index is 11.5. The Morgan fingerprint density at radius 1 is 1.25 bits per heavy atom. The molecule has 4 nitrogen and oxygen atoms in total. The van der Waals surface area contributed by atoms with Crippen LogP contribution in [0.1, 0.15) is 42.2 Å². The zero-order valence-corrected chi connectivity index (χ0v) is 16.8. The van der Waals surface area contributed by atoms with E-state index in [1.165, 1.54) is 30.9 Å². The van der Waals surface area contributed by atoms with Crippen molar-refractivity contribution in [1.82, 2.24) is 0 Å². The van der Waals surface area contributed by atoms with Gasteiger partial charge in [-0.3, -0.25) is 4.55 Å². The molecule has 1 heterocycles. The van der Waals surface area contributed by atoms with Crippen molar-refractivity contribution >= 4 is 43.0 Å². The van der Waals surface area contributed by atoms with Gasteiger partial charge < -0.3 is 4.74 Å². The summed E-state index contributed by atoms with van der Waals surface area (Å²) in [7, 11) is 0.340. The molecule has 0 aliphatic heterocycles. The Hall–Kier alpha value is -0.800. The molecular formula is C16H20O4S4. The first kappa shape index (κ1) is 19.5. The third-order valence-electron chi connectivity index (χ3n) is 3.70. The Bertz CT molecular complexity index is 849. The standard InChI is InChI=1S/C16H20O4S4/c1-3-4-5-6-14-12(16(21)23-22-14)9-11-7-8-13(20-2)15(10-11)24(17,18)19/h7-8,10H,3-6,9H2,1-2H3,(H,17,18,19). The Morgan fingerprint density at radius 2 is 2.00 bits per heavy atom. The maximum Gasteiger partial charge on any atom is 0.298 e. The van der Waals surface area contributed by atoms with Gasteiger partial charge in [-0.1, -0.05) is 58.7 Å². The van der Waals surface area contributed by atoms with E-state index < -0.39 is 10.1 Å². The number of aryl methyl sites for hydroxylation is 1. The molecule has 0 unspecified atom stereocenters. The average molecular weight is 405 g/mol. The molecule has 0 amide bonds. The first-order valence-corrected chi connectivity index (χ1v) is 11.6. The smallest absolute Gasteiger partial charge is 0.298 e. The zero-order chi connectivity index (χ0) is 17.7. The second-order valence-corrected chi connectivity index (χ2v) is 9.74. The Kier molecular flexibility index (Phi) is 6.94. The molecule has 0 bridgehead atoms. The second kappa shape index (κ2) is 8.53. The largest absolute Gasteiger partial charge is 0.495 e. The summed E-state index contributed by atoms with van der Waals surface area (Å²) in [6, 6.07) is 4.83. The van der Waals surface area contributed by atoms with Gasteiger partial charge in [0.15, 0.2) is 0 Å². The molecule has 0 aliphatic rings. The van der Waals surface area contributed by atoms with E-state index >= 15 is 0 Å². The molecule has 132 valence electrons. The summed E-state index contributed by atoms with van der Waals surface area (Å²) in [5.74, 6) is 0.135. The van der Waals surface area contributed by atoms with Crippen LogP contribution in [0.25, 0.3) is 0 Å². The van der Waals surface area contributed by atoms with Crippen LogP contribution in [0.5, 0.6) is 5.75 Å². The molecule has 1 aromatic carbocycles. The third kappa shape index (κ3) is 4.86. The van der Waals surface area contributed by atoms with E-state index in [1.54, 1.807) is 32.8 Å². The van der Waals surface area contributed by atoms with E-state index in [0.717, 1.165) is 27.8 Å². The van der Waals surface area contributed by atoms with Crippen LogP contribution in [-0.2, 0) is 23.0 Å². The van der Waals surface area contributed by atoms with Crippen LogP contribution >= 0.6 is 32.9 Å². The van der Waals surface area contributed by atoms with Crippen molar-refractivity contribution in [3.05, 3.63) is 38.0 Å². The number of hydrogen-bond acceptors (Lipinski definition) is 6. The third-order valence-corrected chi connectivity index (χ3v) is 7.87. The summed E-state index contributed by atoms with van der Waals surface area (Å²) < 4.78 is 38.3. The van der Waals surface area contributed by atoms with E-state index in [1.807, 2.05) is 0 Å². The van der Waals surface area contributed by atoms with E-state index in [2.05, 4.69) is 6.92 Å². The molecule has 0 saturated carbocycles. The SMILES string of the molecule is CCCCCc1ssc(=S)c1Cc1ccc(OC)c(S(=O)(=O)O)c1. The molecule has 2 rings (SSSR count). The fourth-order valence-corrected chi connectivity index (χ4v) is 6.13. The van der Waals surface area contributed by atoms with E-state index in [9.17, 15) is 13.0 Å². The van der Waals surface area contributed by atoms with Gasteiger partial charge >= 0.3 is 0 Å². The van der Waals surface area contributed by atoms with E-state index in [-0.39, 0.29) is 10.6 Å². The van der Waals surface area contributed by atoms with Crippen molar-refractivity contribution < 1.29 is 17.7 Å². The maximum absolute atomic E-state index is 11.5. The van der Waals surface area contributed by atoms with E-state index in [0.29, 0.717) is 6.42 Å². The fraction of sp³-hybridized carbons (Fsp3) is 0.438. The summed E-state index contributed by atoms with van der Waals surface area (Å²) in [6.45, 7) is 2.17. The van der Waals surface area contributed by atoms with Crippen LogP contribution in [0.4, 0.5) is 0 Å². The number of unbranched alkanes of at least 4 members (excludes halogenated alkanes) is 2. The number of benzene rings is 1. The topological polar surface area (TPSA) is 63.6 Å². The first-order chi connectivity index (χ1) is 11.4. The first-order valence-electron chi connectivity index (χ1n) is 7.62. The van der Waals surface area contributed by atoms with Crippen molar-refractivity contribution in [3.8, 4) is 5.75 Å². The molecule has 0 atom stereocenters. The summed E-state index contributed by atoms with van der Waals surface area (Å²) in [5, 5.41) is 0. The summed E-state index contributed by atoms with van der Waals surface area (Å²) in [4.78, 5) is 1.07. The van der Waals surface area contributed by atoms with Crippen molar-refractivity contribution in [2.24, 2.45) is 0 Å². The van der Waals surface area contributed by atoms with Crippen LogP contribution < -0.4 is 4.74 Å². The van der Waals surface area contributed by atoms with Crippen LogP contribution in [0.2, 0.25) is 0 Å². The molecule has 1 aromatic heterocycles. The highest BCUT2D eigenvalue weighted by Crippen LogP contribution is 2.31. The zero-order valence-electron chi connectivity index (χ0n) is 13.6. The summed E-state index contributed by atoms with van der Waals surface area (Å²) in [6.07, 6.45) is 5.05. The number of ether oxygens (including phenoxy) is 1. The summed E-state index contributed by atoms with van der Waals surface area (Å²) >= 11 is 5.44. The number of hydrogen-bond donors (Lipinski definition) is 1. The molecule has 0 spiro atoms. The van der Waals surface area contributed by atoms with Crippen molar-refractivity contribution in [2.45, 2.75) is 43.9 Å². The normalized spacial score (nSPS) is 11.6. The van der Waals surface area contributed by atoms with Gasteiger partial charge in [0.2, 0.25) is 0 Å². The Balaban J connectivity index is 2.32. The Morgan fingerprint density at radius 3 is 2.62 bits per heavy atom. The lowest BCUT2D eigenvalue weighted by molar-refractivity contribution is 0.397. The monoisotopic (exact) mass is 404 g/mol. The number of rotatable bonds is 8. The van der Waals surface area contributed by atoms with Crippen LogP contribution in [0.3, 0.4) is 0 Å². The van der Waals surface area contributed by atoms with Gasteiger partial charge in [0, 0.05) is 11.3 Å². The van der Waals surface area contributed by atoms with Crippen molar-refractivity contribution in [3.63, 3.8) is 0 Å². The minimum atomic E-state index is -4.33. The quantitative estimate of drug-likeness (QED) is 0.286. The Labute approximate surface area is 155 Å². The van der Waals surface area contributed by atoms with Crippen molar-refractivity contribution in [2.75, 3.05) is 7.11 Å². The molecule has 24 heavy (non-hydrogen) atoms. The van der Waals surface area contributed by atoms with Crippen molar-refractivity contribution in [1.29, 1.82) is 0 Å². The van der Waals surface area contributed by atoms with Gasteiger partial charge in [0.05, 0.1) is 7.11 Å². The molecule has 2 aromatic rings. The minimum Gasteiger partial charge on any atom is -0.495 e. The average Bonchev–Trinajstić information content (AvgIpc) is 2.87. The fourth-order valence-electron chi connectivity index (χ4n) is 2.44. The van der Waals surface area contributed by atoms with Crippen LogP contribution in [0.15, 0.2) is 23.1 Å². The lowest BCUT2D eigenvalue weighted by Crippen LogP contribution is -2.03. The van der Waals surface area contributed by atoms with Crippen LogP contribution in [-0.4, -0.2) is 20.1 Å². The lowest BCUT2D eigenvalue weighted by atomic mass is 10.0. The predicted molar refractivity (Wildman–Crippen MR) is 102 cm³/mol. The molecule has 0 fully saturated rings. The molecule has 0 radical (unpaired) electrons. The second-order valence-electron chi connectivity index (χ2n) is 5.45. The highest BCUT2D eigenvalue weighted by molar-refractivity contribution is 7.86. The lowest BCUT2D eigenvalue weighted by Gasteiger charge is -2.09. The number of methoxy groups -OCH3 is 1. The molecular weight excluding hydrogens is 384 g/mol. The highest BCUT2D eigenvalue weighted by Gasteiger charge is 2.18. The molecule has 8 heteroatoms. The van der Waals surface area contributed by atoms with Gasteiger partial charge in [-0.15, -0.1) is 0 Å². The molecule has 0 saturated heterocycles. The predicted octanol–water partition coefficient (Wildman–Crippen LogP) is 5.12. The van der Waals surface area contributed by atoms with Gasteiger partial charge in [-0.05, 0) is 36.1 Å². The molecule has 0 aliphatic carbocycles. The van der Waals surface area contributed by atoms with E-state index in [4.69, 9.17) is 17.0 Å². The van der Waals surface area contributed by atoms with Crippen LogP contribution in [0, 0.1) is 3.82 Å². The van der Waals surface area contributed by atoms with Gasteiger partial charge in [-0.25, -0.2) is 0 Å². The summed E-state index contributed by atoms with van der Waals surface area (Å²) in [5.41, 5.74) is 1.89. The van der Waals surface area contributed by atoms with Gasteiger partial charge in [-0.2, -0.15) is 8.42 Å². The minimum absolute atomic E-state index is 0.135. The highest BCUT2D eigenvalue weighted by atomic mass is 32.9. The van der Waals surface area contributed by atoms with Gasteiger partial charge in [0.1, 0.15) is 14.5 Å². The van der Waals surface area contributed by atoms with Gasteiger partial charge in [0.25, 0.3) is 10.1 Å². The molecule has 1 N–H and O–H groups in total.